The molecule has 29 heavy (non-hydrogen) atoms. The van der Waals surface area contributed by atoms with E-state index in [4.69, 9.17) is 9.47 Å². The molecule has 0 bridgehead atoms. The quantitative estimate of drug-likeness (QED) is 0.320. The number of nitrogens with one attached hydrogen (secondary N) is 1. The van der Waals surface area contributed by atoms with Crippen molar-refractivity contribution in [3.8, 4) is 0 Å². The molecule has 160 valence electrons. The summed E-state index contributed by atoms with van der Waals surface area (Å²) in [4.78, 5) is 40.6. The minimum atomic E-state index is -1.10. The van der Waals surface area contributed by atoms with Crippen LogP contribution in [0.2, 0.25) is 0 Å². The van der Waals surface area contributed by atoms with Gasteiger partial charge in [0.25, 0.3) is 0 Å². The van der Waals surface area contributed by atoms with Gasteiger partial charge in [0.15, 0.2) is 0 Å². The van der Waals surface area contributed by atoms with Gasteiger partial charge in [-0.3, -0.25) is 9.79 Å². The van der Waals surface area contributed by atoms with Crippen molar-refractivity contribution in [2.75, 3.05) is 0 Å². The highest BCUT2D eigenvalue weighted by molar-refractivity contribution is 5.99. The van der Waals surface area contributed by atoms with Gasteiger partial charge in [0.1, 0.15) is 18.2 Å². The Kier molecular flexibility index (Phi) is 8.82. The largest absolute Gasteiger partial charge is 0.595 e. The molecular weight excluding hydrogens is 376 g/mol. The van der Waals surface area contributed by atoms with Crippen LogP contribution in [0.25, 0.3) is 0 Å². The third-order valence-electron chi connectivity index (χ3n) is 4.00. The number of hydrogen-bond donors (Lipinski definition) is 1. The van der Waals surface area contributed by atoms with Crippen molar-refractivity contribution in [2.24, 2.45) is 10.9 Å². The second-order valence-corrected chi connectivity index (χ2v) is 7.74. The summed E-state index contributed by atoms with van der Waals surface area (Å²) >= 11 is 0. The number of carbonyl (C=O) groups is 3. The van der Waals surface area contributed by atoms with E-state index in [1.165, 1.54) is 19.1 Å². The van der Waals surface area contributed by atoms with Crippen LogP contribution in [-0.4, -0.2) is 41.6 Å². The molecule has 0 aliphatic rings. The first kappa shape index (κ1) is 24.1. The zero-order chi connectivity index (χ0) is 22.2. The molecule has 0 aromatic heterocycles. The van der Waals surface area contributed by atoms with Gasteiger partial charge in [0.05, 0.1) is 5.56 Å². The van der Waals surface area contributed by atoms with Gasteiger partial charge in [-0.15, -0.1) is 0 Å². The van der Waals surface area contributed by atoms with Gasteiger partial charge in [-0.1, -0.05) is 59.2 Å². The Bertz CT molecular complexity index is 739. The van der Waals surface area contributed by atoms with Crippen molar-refractivity contribution in [3.63, 3.8) is 0 Å². The molecule has 0 heterocycles. The number of rotatable bonds is 7. The number of benzene rings is 1. The van der Waals surface area contributed by atoms with Crippen LogP contribution in [0, 0.1) is 5.92 Å². The standard InChI is InChI=1S/C21H30N2O6/c1-7-13(2)16(23-20(27)29-21(4,5)6)17(24)22-14(3)18(25)28-19(26)15-11-9-8-10-12-15/h8-14,16H,7H2,1-6H3,(H,22,24)(H,23,27)/p-1/t13-,14-,16?/m0/s1. The van der Waals surface area contributed by atoms with E-state index < -0.39 is 41.6 Å². The van der Waals surface area contributed by atoms with Crippen molar-refractivity contribution >= 4 is 23.9 Å². The molecule has 1 amide bonds. The van der Waals surface area contributed by atoms with E-state index in [2.05, 4.69) is 10.3 Å². The first-order chi connectivity index (χ1) is 13.4. The first-order valence-corrected chi connectivity index (χ1v) is 9.49. The molecule has 0 saturated carbocycles. The molecule has 0 saturated heterocycles. The summed E-state index contributed by atoms with van der Waals surface area (Å²) in [6.45, 7) is 10.1. The number of carbonyl (C=O) groups excluding carboxylic acids is 3. The normalized spacial score (nSPS) is 15.0. The molecule has 3 atom stereocenters. The second kappa shape index (κ2) is 10.6. The lowest BCUT2D eigenvalue weighted by Gasteiger charge is -2.31. The van der Waals surface area contributed by atoms with Crippen molar-refractivity contribution in [2.45, 2.75) is 65.6 Å². The molecule has 1 rings (SSSR count). The van der Waals surface area contributed by atoms with E-state index >= 15 is 0 Å². The summed E-state index contributed by atoms with van der Waals surface area (Å²) in [5, 5.41) is 14.5. The number of hydrogen-bond acceptors (Lipinski definition) is 7. The van der Waals surface area contributed by atoms with Crippen LogP contribution >= 0.6 is 0 Å². The lowest BCUT2D eigenvalue weighted by Crippen LogP contribution is -2.47. The molecule has 8 heteroatoms. The maximum absolute atomic E-state index is 12.6. The van der Waals surface area contributed by atoms with Gasteiger partial charge in [0, 0.05) is 5.60 Å². The third kappa shape index (κ3) is 8.33. The first-order valence-electron chi connectivity index (χ1n) is 9.49. The Morgan fingerprint density at radius 3 is 2.24 bits per heavy atom. The van der Waals surface area contributed by atoms with Crippen LogP contribution in [0.5, 0.6) is 0 Å². The fourth-order valence-electron chi connectivity index (χ4n) is 2.24. The van der Waals surface area contributed by atoms with Gasteiger partial charge in [-0.2, -0.15) is 0 Å². The molecule has 1 aromatic rings. The molecule has 0 spiro atoms. The van der Waals surface area contributed by atoms with E-state index in [0.717, 1.165) is 0 Å². The fraction of sp³-hybridized carbons (Fsp3) is 0.524. The third-order valence-corrected chi connectivity index (χ3v) is 4.00. The van der Waals surface area contributed by atoms with Crippen molar-refractivity contribution < 1.29 is 29.0 Å². The topological polar surface area (TPSA) is 117 Å². The Hall–Kier alpha value is -2.90. The summed E-state index contributed by atoms with van der Waals surface area (Å²) in [5.41, 5.74) is -0.525. The second-order valence-electron chi connectivity index (χ2n) is 7.74. The Morgan fingerprint density at radius 1 is 1.14 bits per heavy atom. The van der Waals surface area contributed by atoms with E-state index in [1.807, 2.05) is 6.92 Å². The zero-order valence-corrected chi connectivity index (χ0v) is 17.7. The zero-order valence-electron chi connectivity index (χ0n) is 17.7. The molecule has 1 unspecified atom stereocenters. The highest BCUT2D eigenvalue weighted by Gasteiger charge is 2.28. The SMILES string of the molecule is CC[C@H](C)C(N=C([O-])OC(C)(C)C)C(=O)N[C@@H](C)C(=O)OC(=O)c1ccccc1. The lowest BCUT2D eigenvalue weighted by molar-refractivity contribution is -0.261. The molecule has 1 aromatic carbocycles. The molecular formula is C21H29N2O6-. The van der Waals surface area contributed by atoms with Crippen LogP contribution in [0.15, 0.2) is 35.3 Å². The monoisotopic (exact) mass is 405 g/mol. The maximum Gasteiger partial charge on any atom is 0.345 e. The van der Waals surface area contributed by atoms with Crippen LogP contribution in [-0.2, 0) is 19.1 Å². The van der Waals surface area contributed by atoms with Crippen LogP contribution in [0.1, 0.15) is 58.3 Å². The minimum Gasteiger partial charge on any atom is -0.595 e. The van der Waals surface area contributed by atoms with E-state index in [1.54, 1.807) is 45.9 Å². The Balaban J connectivity index is 2.80. The number of aliphatic imine (C=N–C) groups is 1. The minimum absolute atomic E-state index is 0.219. The van der Waals surface area contributed by atoms with Crippen LogP contribution in [0.4, 0.5) is 0 Å². The molecule has 0 fully saturated rings. The molecule has 8 nitrogen and oxygen atoms in total. The van der Waals surface area contributed by atoms with Gasteiger partial charge in [0.2, 0.25) is 5.91 Å². The maximum atomic E-state index is 12.6. The average molecular weight is 405 g/mol. The van der Waals surface area contributed by atoms with Gasteiger partial charge >= 0.3 is 11.9 Å². The number of nitrogens with zero attached hydrogens (tertiary/aromatic N) is 1. The van der Waals surface area contributed by atoms with Gasteiger partial charge in [-0.25, -0.2) is 9.59 Å². The summed E-state index contributed by atoms with van der Waals surface area (Å²) in [7, 11) is 0. The lowest BCUT2D eigenvalue weighted by atomic mass is 9.99. The molecule has 0 radical (unpaired) electrons. The average Bonchev–Trinajstić information content (AvgIpc) is 2.64. The van der Waals surface area contributed by atoms with Crippen molar-refractivity contribution in [1.29, 1.82) is 0 Å². The van der Waals surface area contributed by atoms with Crippen molar-refractivity contribution in [3.05, 3.63) is 35.9 Å². The number of ether oxygens (including phenoxy) is 2. The van der Waals surface area contributed by atoms with Gasteiger partial charge in [-0.05, 0) is 25.0 Å². The summed E-state index contributed by atoms with van der Waals surface area (Å²) in [6.07, 6.45) is -0.275. The van der Waals surface area contributed by atoms with E-state index in [-0.39, 0.29) is 11.5 Å². The van der Waals surface area contributed by atoms with E-state index in [9.17, 15) is 19.5 Å². The highest BCUT2D eigenvalue weighted by atomic mass is 16.6. The highest BCUT2D eigenvalue weighted by Crippen LogP contribution is 2.14. The fourth-order valence-corrected chi connectivity index (χ4v) is 2.24. The van der Waals surface area contributed by atoms with Crippen molar-refractivity contribution in [1.82, 2.24) is 5.32 Å². The van der Waals surface area contributed by atoms with Crippen LogP contribution < -0.4 is 10.4 Å². The summed E-state index contributed by atoms with van der Waals surface area (Å²) in [6, 6.07) is 5.90. The number of esters is 2. The molecule has 0 aliphatic carbocycles. The Labute approximate surface area is 171 Å². The molecule has 0 aliphatic heterocycles. The van der Waals surface area contributed by atoms with Crippen LogP contribution in [0.3, 0.4) is 0 Å². The smallest absolute Gasteiger partial charge is 0.345 e. The predicted octanol–water partition coefficient (Wildman–Crippen LogP) is 1.82. The predicted molar refractivity (Wildman–Crippen MR) is 106 cm³/mol. The summed E-state index contributed by atoms with van der Waals surface area (Å²) in [5.74, 6) is -2.61. The van der Waals surface area contributed by atoms with Gasteiger partial charge < -0.3 is 19.9 Å². The Morgan fingerprint density at radius 2 is 1.72 bits per heavy atom. The summed E-state index contributed by atoms with van der Waals surface area (Å²) < 4.78 is 9.94. The molecule has 1 N–H and O–H groups in total. The number of amides is 1. The van der Waals surface area contributed by atoms with E-state index in [0.29, 0.717) is 6.42 Å².